The van der Waals surface area contributed by atoms with Gasteiger partial charge in [0.05, 0.1) is 13.1 Å². The van der Waals surface area contributed by atoms with E-state index < -0.39 is 0 Å². The molecule has 15 heavy (non-hydrogen) atoms. The first-order chi connectivity index (χ1) is 7.36. The second-order valence-electron chi connectivity index (χ2n) is 4.07. The van der Waals surface area contributed by atoms with Crippen LogP contribution in [0.2, 0.25) is 0 Å². The topological polar surface area (TPSA) is 58.9 Å². The van der Waals surface area contributed by atoms with E-state index in [0.717, 1.165) is 6.42 Å². The molecule has 0 aliphatic heterocycles. The lowest BCUT2D eigenvalue weighted by Crippen LogP contribution is -2.08. The third kappa shape index (κ3) is 1.82. The second-order valence-corrected chi connectivity index (χ2v) is 4.07. The van der Waals surface area contributed by atoms with Gasteiger partial charge in [-0.05, 0) is 42.2 Å². The second kappa shape index (κ2) is 4.35. The highest BCUT2D eigenvalue weighted by molar-refractivity contribution is 5.39. The fraction of sp³-hybridized carbons (Fsp3) is 0.636. The minimum absolute atomic E-state index is 0.439. The lowest BCUT2D eigenvalue weighted by atomic mass is 9.92. The maximum atomic E-state index is 10.1. The average Bonchev–Trinajstić information content (AvgIpc) is 2.83. The van der Waals surface area contributed by atoms with Gasteiger partial charge in [0.25, 0.3) is 0 Å². The Labute approximate surface area is 87.8 Å². The van der Waals surface area contributed by atoms with Crippen LogP contribution >= 0.6 is 0 Å². The van der Waals surface area contributed by atoms with Crippen LogP contribution in [0.25, 0.3) is 0 Å². The van der Waals surface area contributed by atoms with Crippen molar-refractivity contribution in [3.63, 3.8) is 0 Å². The van der Waals surface area contributed by atoms with E-state index in [1.165, 1.54) is 24.0 Å². The van der Waals surface area contributed by atoms with E-state index in [9.17, 15) is 9.59 Å². The molecule has 78 valence electrons. The lowest BCUT2D eigenvalue weighted by molar-refractivity contribution is 0.560. The Morgan fingerprint density at radius 1 is 1.00 bits per heavy atom. The molecule has 0 aromatic carbocycles. The van der Waals surface area contributed by atoms with Crippen LogP contribution in [0.15, 0.2) is 21.1 Å². The third-order valence-electron chi connectivity index (χ3n) is 3.46. The number of hydrogen-bond donors (Lipinski definition) is 0. The van der Waals surface area contributed by atoms with Crippen LogP contribution in [0.4, 0.5) is 0 Å². The van der Waals surface area contributed by atoms with Gasteiger partial charge in [-0.1, -0.05) is 0 Å². The fourth-order valence-electron chi connectivity index (χ4n) is 2.84. The van der Waals surface area contributed by atoms with E-state index in [1.54, 1.807) is 12.2 Å². The molecule has 1 fully saturated rings. The molecule has 0 heterocycles. The van der Waals surface area contributed by atoms with Crippen LogP contribution in [-0.4, -0.2) is 25.2 Å². The van der Waals surface area contributed by atoms with Gasteiger partial charge >= 0.3 is 0 Å². The number of isocyanates is 2. The summed E-state index contributed by atoms with van der Waals surface area (Å²) in [7, 11) is 0. The minimum Gasteiger partial charge on any atom is -0.211 e. The highest BCUT2D eigenvalue weighted by Crippen LogP contribution is 2.48. The molecule has 0 spiro atoms. The molecule has 4 heteroatoms. The quantitative estimate of drug-likeness (QED) is 0.394. The fourth-order valence-corrected chi connectivity index (χ4v) is 2.84. The molecule has 2 bridgehead atoms. The molecule has 0 N–H and O–H groups in total. The molecule has 2 aliphatic carbocycles. The Hall–Kier alpha value is -1.50. The van der Waals surface area contributed by atoms with Crippen LogP contribution in [-0.2, 0) is 9.59 Å². The summed E-state index contributed by atoms with van der Waals surface area (Å²) in [5, 5.41) is 0. The van der Waals surface area contributed by atoms with Crippen molar-refractivity contribution in [3.05, 3.63) is 11.1 Å². The molecule has 2 aliphatic rings. The summed E-state index contributed by atoms with van der Waals surface area (Å²) >= 11 is 0. The number of fused-ring (bicyclic) bond motifs is 2. The minimum atomic E-state index is 0.439. The molecule has 0 aromatic rings. The number of aliphatic imine (C=N–C) groups is 2. The summed E-state index contributed by atoms with van der Waals surface area (Å²) in [6.45, 7) is 0.878. The van der Waals surface area contributed by atoms with E-state index in [2.05, 4.69) is 9.98 Å². The monoisotopic (exact) mass is 204 g/mol. The Bertz CT molecular complexity index is 351. The smallest absolute Gasteiger partial charge is 0.211 e. The summed E-state index contributed by atoms with van der Waals surface area (Å²) < 4.78 is 0. The summed E-state index contributed by atoms with van der Waals surface area (Å²) in [5.74, 6) is 1.12. The zero-order chi connectivity index (χ0) is 10.7. The summed E-state index contributed by atoms with van der Waals surface area (Å²) in [6, 6.07) is 0. The zero-order valence-corrected chi connectivity index (χ0v) is 8.40. The van der Waals surface area contributed by atoms with E-state index in [0.29, 0.717) is 24.9 Å². The van der Waals surface area contributed by atoms with Gasteiger partial charge in [-0.2, -0.15) is 0 Å². The Kier molecular flexibility index (Phi) is 2.91. The Morgan fingerprint density at radius 3 is 1.87 bits per heavy atom. The molecule has 0 radical (unpaired) electrons. The largest absolute Gasteiger partial charge is 0.235 e. The highest BCUT2D eigenvalue weighted by atomic mass is 16.1. The van der Waals surface area contributed by atoms with Crippen molar-refractivity contribution in [2.75, 3.05) is 13.1 Å². The van der Waals surface area contributed by atoms with Crippen molar-refractivity contribution in [1.29, 1.82) is 0 Å². The highest BCUT2D eigenvalue weighted by Gasteiger charge is 2.38. The van der Waals surface area contributed by atoms with Gasteiger partial charge in [0, 0.05) is 0 Å². The first-order valence-corrected chi connectivity index (χ1v) is 5.16. The van der Waals surface area contributed by atoms with Crippen molar-refractivity contribution >= 4 is 12.2 Å². The molecule has 2 atom stereocenters. The maximum Gasteiger partial charge on any atom is 0.235 e. The van der Waals surface area contributed by atoms with Crippen molar-refractivity contribution in [3.8, 4) is 0 Å². The van der Waals surface area contributed by atoms with E-state index in [4.69, 9.17) is 0 Å². The van der Waals surface area contributed by atoms with Gasteiger partial charge in [0.2, 0.25) is 12.2 Å². The molecule has 2 unspecified atom stereocenters. The molecule has 0 saturated heterocycles. The molecule has 0 aromatic heterocycles. The van der Waals surface area contributed by atoms with Crippen LogP contribution in [0.3, 0.4) is 0 Å². The van der Waals surface area contributed by atoms with Crippen molar-refractivity contribution in [2.24, 2.45) is 21.8 Å². The molecule has 4 nitrogen and oxygen atoms in total. The van der Waals surface area contributed by atoms with Crippen molar-refractivity contribution in [1.82, 2.24) is 0 Å². The molecule has 0 amide bonds. The summed E-state index contributed by atoms with van der Waals surface area (Å²) in [5.41, 5.74) is 2.43. The van der Waals surface area contributed by atoms with Gasteiger partial charge in [-0.3, -0.25) is 0 Å². The van der Waals surface area contributed by atoms with E-state index in [1.807, 2.05) is 0 Å². The number of rotatable bonds is 4. The van der Waals surface area contributed by atoms with Crippen molar-refractivity contribution < 1.29 is 9.59 Å². The first-order valence-electron chi connectivity index (χ1n) is 5.16. The zero-order valence-electron chi connectivity index (χ0n) is 8.40. The summed E-state index contributed by atoms with van der Waals surface area (Å²) in [6.07, 6.45) is 6.64. The van der Waals surface area contributed by atoms with Crippen LogP contribution < -0.4 is 0 Å². The Morgan fingerprint density at radius 2 is 1.47 bits per heavy atom. The Balaban J connectivity index is 2.21. The van der Waals surface area contributed by atoms with Crippen LogP contribution in [0, 0.1) is 11.8 Å². The van der Waals surface area contributed by atoms with Gasteiger partial charge in [-0.15, -0.1) is 0 Å². The first kappa shape index (κ1) is 10.0. The maximum absolute atomic E-state index is 10.1. The number of hydrogen-bond acceptors (Lipinski definition) is 4. The normalized spacial score (nSPS) is 27.5. The van der Waals surface area contributed by atoms with Gasteiger partial charge < -0.3 is 0 Å². The standard InChI is InChI=1S/C11H12N2O2/c14-6-12-4-10-8-1-2-9(3-8)11(10)5-13-7-15/h8-9H,1-5H2. The van der Waals surface area contributed by atoms with E-state index >= 15 is 0 Å². The van der Waals surface area contributed by atoms with Crippen molar-refractivity contribution in [2.45, 2.75) is 19.3 Å². The lowest BCUT2D eigenvalue weighted by Gasteiger charge is -2.16. The molecule has 2 rings (SSSR count). The van der Waals surface area contributed by atoms with Crippen LogP contribution in [0.1, 0.15) is 19.3 Å². The molecule has 1 saturated carbocycles. The SMILES string of the molecule is O=C=NCC1=C(CN=C=O)C2CCC1C2. The van der Waals surface area contributed by atoms with Gasteiger partial charge in [0.1, 0.15) is 0 Å². The number of carbonyl (C=O) groups excluding carboxylic acids is 2. The summed E-state index contributed by atoms with van der Waals surface area (Å²) in [4.78, 5) is 27.4. The van der Waals surface area contributed by atoms with Crippen LogP contribution in [0.5, 0.6) is 0 Å². The predicted molar refractivity (Wildman–Crippen MR) is 53.8 cm³/mol. The van der Waals surface area contributed by atoms with E-state index in [-0.39, 0.29) is 0 Å². The molecular formula is C11H12N2O2. The average molecular weight is 204 g/mol. The molecular weight excluding hydrogens is 192 g/mol. The predicted octanol–water partition coefficient (Wildman–Crippen LogP) is 1.38. The van der Waals surface area contributed by atoms with Gasteiger partial charge in [-0.25, -0.2) is 19.6 Å². The number of nitrogens with zero attached hydrogens (tertiary/aromatic N) is 2. The third-order valence-corrected chi connectivity index (χ3v) is 3.46. The van der Waals surface area contributed by atoms with Gasteiger partial charge in [0.15, 0.2) is 0 Å².